The molecule has 0 saturated heterocycles. The fraction of sp³-hybridized carbons (Fsp3) is 0.333. The minimum atomic E-state index is -0.523. The average molecular weight is 283 g/mol. The topological polar surface area (TPSA) is 46.2 Å². The molecule has 0 radical (unpaired) electrons. The maximum Gasteiger partial charge on any atom is 0.146 e. The fourth-order valence-electron chi connectivity index (χ4n) is 1.20. The predicted octanol–water partition coefficient (Wildman–Crippen LogP) is 2.28. The van der Waals surface area contributed by atoms with E-state index >= 15 is 0 Å². The van der Waals surface area contributed by atoms with Crippen LogP contribution < -0.4 is 5.73 Å². The van der Waals surface area contributed by atoms with Gasteiger partial charge in [0.1, 0.15) is 5.82 Å². The molecule has 1 aromatic rings. The molecule has 0 aliphatic carbocycles. The van der Waals surface area contributed by atoms with Gasteiger partial charge in [0.15, 0.2) is 0 Å². The summed E-state index contributed by atoms with van der Waals surface area (Å²) >= 11 is 8.82. The molecule has 14 heavy (non-hydrogen) atoms. The molecule has 2 nitrogen and oxygen atoms in total. The van der Waals surface area contributed by atoms with Crippen LogP contribution in [0.2, 0.25) is 5.02 Å². The van der Waals surface area contributed by atoms with Crippen LogP contribution in [0.4, 0.5) is 4.39 Å². The Balaban J connectivity index is 3.23. The lowest BCUT2D eigenvalue weighted by molar-refractivity contribution is 0.265. The zero-order chi connectivity index (χ0) is 10.7. The maximum absolute atomic E-state index is 13.6. The van der Waals surface area contributed by atoms with E-state index in [1.54, 1.807) is 6.07 Å². The third-order valence-electron chi connectivity index (χ3n) is 1.99. The van der Waals surface area contributed by atoms with Crippen molar-refractivity contribution in [2.75, 3.05) is 13.2 Å². The first kappa shape index (κ1) is 11.9. The van der Waals surface area contributed by atoms with Crippen molar-refractivity contribution in [2.45, 2.75) is 5.92 Å². The lowest BCUT2D eigenvalue weighted by atomic mass is 10.00. The van der Waals surface area contributed by atoms with Gasteiger partial charge in [-0.15, -0.1) is 0 Å². The minimum Gasteiger partial charge on any atom is -0.396 e. The third-order valence-corrected chi connectivity index (χ3v) is 2.98. The first-order chi connectivity index (χ1) is 6.61. The number of hydrogen-bond acceptors (Lipinski definition) is 2. The summed E-state index contributed by atoms with van der Waals surface area (Å²) < 4.78 is 14.1. The van der Waals surface area contributed by atoms with Crippen LogP contribution >= 0.6 is 27.5 Å². The smallest absolute Gasteiger partial charge is 0.146 e. The van der Waals surface area contributed by atoms with Gasteiger partial charge < -0.3 is 10.8 Å². The van der Waals surface area contributed by atoms with Crippen LogP contribution in [0.3, 0.4) is 0 Å². The van der Waals surface area contributed by atoms with Crippen LogP contribution in [0.25, 0.3) is 0 Å². The maximum atomic E-state index is 13.6. The van der Waals surface area contributed by atoms with E-state index in [9.17, 15) is 4.39 Å². The molecular weight excluding hydrogens is 272 g/mol. The molecule has 0 saturated carbocycles. The van der Waals surface area contributed by atoms with Gasteiger partial charge in [-0.25, -0.2) is 4.39 Å². The highest BCUT2D eigenvalue weighted by Gasteiger charge is 2.18. The van der Waals surface area contributed by atoms with Crippen LogP contribution in [0.5, 0.6) is 0 Å². The van der Waals surface area contributed by atoms with Crippen molar-refractivity contribution < 1.29 is 9.50 Å². The molecule has 0 aliphatic rings. The molecule has 1 unspecified atom stereocenters. The van der Waals surface area contributed by atoms with E-state index < -0.39 is 11.7 Å². The monoisotopic (exact) mass is 281 g/mol. The highest BCUT2D eigenvalue weighted by atomic mass is 79.9. The van der Waals surface area contributed by atoms with Gasteiger partial charge in [0.2, 0.25) is 0 Å². The highest BCUT2D eigenvalue weighted by molar-refractivity contribution is 9.10. The van der Waals surface area contributed by atoms with Crippen LogP contribution in [-0.2, 0) is 0 Å². The summed E-state index contributed by atoms with van der Waals surface area (Å²) in [5, 5.41) is 9.05. The number of aliphatic hydroxyl groups is 1. The molecule has 0 fully saturated rings. The second kappa shape index (κ2) is 5.07. The van der Waals surface area contributed by atoms with E-state index in [0.717, 1.165) is 0 Å². The van der Waals surface area contributed by atoms with Crippen molar-refractivity contribution in [1.29, 1.82) is 0 Å². The van der Waals surface area contributed by atoms with Gasteiger partial charge in [-0.2, -0.15) is 0 Å². The first-order valence-corrected chi connectivity index (χ1v) is 5.23. The van der Waals surface area contributed by atoms with E-state index in [-0.39, 0.29) is 18.2 Å². The standard InChI is InChI=1S/C9H10BrClFNO/c10-6-1-2-7(11)9(12)8(6)5(3-13)4-14/h1-2,5,14H,3-4,13H2. The molecule has 1 atom stereocenters. The van der Waals surface area contributed by atoms with Crippen molar-refractivity contribution in [2.24, 2.45) is 5.73 Å². The summed E-state index contributed by atoms with van der Waals surface area (Å²) in [4.78, 5) is 0. The summed E-state index contributed by atoms with van der Waals surface area (Å²) in [6.45, 7) is -0.0290. The Morgan fingerprint density at radius 2 is 2.21 bits per heavy atom. The average Bonchev–Trinajstić information content (AvgIpc) is 2.19. The quantitative estimate of drug-likeness (QED) is 0.836. The van der Waals surface area contributed by atoms with E-state index in [0.29, 0.717) is 10.0 Å². The molecule has 0 aromatic heterocycles. The van der Waals surface area contributed by atoms with Gasteiger partial charge >= 0.3 is 0 Å². The van der Waals surface area contributed by atoms with Crippen molar-refractivity contribution >= 4 is 27.5 Å². The molecule has 5 heteroatoms. The van der Waals surface area contributed by atoms with Crippen LogP contribution in [-0.4, -0.2) is 18.3 Å². The van der Waals surface area contributed by atoms with Gasteiger partial charge in [-0.1, -0.05) is 27.5 Å². The Kier molecular flexibility index (Phi) is 4.31. The van der Waals surface area contributed by atoms with Crippen molar-refractivity contribution in [3.63, 3.8) is 0 Å². The van der Waals surface area contributed by atoms with Gasteiger partial charge in [-0.3, -0.25) is 0 Å². The van der Waals surface area contributed by atoms with E-state index in [2.05, 4.69) is 15.9 Å². The zero-order valence-corrected chi connectivity index (χ0v) is 9.65. The number of rotatable bonds is 3. The first-order valence-electron chi connectivity index (χ1n) is 4.06. The number of halogens is 3. The molecule has 3 N–H and O–H groups in total. The Bertz CT molecular complexity index is 331. The second-order valence-electron chi connectivity index (χ2n) is 2.87. The summed E-state index contributed by atoms with van der Waals surface area (Å²) in [7, 11) is 0. The SMILES string of the molecule is NCC(CO)c1c(Br)ccc(Cl)c1F. The van der Waals surface area contributed by atoms with Gasteiger partial charge in [0, 0.05) is 22.5 Å². The second-order valence-corrected chi connectivity index (χ2v) is 4.13. The largest absolute Gasteiger partial charge is 0.396 e. The molecular formula is C9H10BrClFNO. The number of benzene rings is 1. The molecule has 0 spiro atoms. The van der Waals surface area contributed by atoms with Gasteiger partial charge in [-0.05, 0) is 12.1 Å². The van der Waals surface area contributed by atoms with E-state index in [4.69, 9.17) is 22.4 Å². The fourth-order valence-corrected chi connectivity index (χ4v) is 2.00. The molecule has 0 aliphatic heterocycles. The Hall–Kier alpha value is -0.160. The van der Waals surface area contributed by atoms with E-state index in [1.807, 2.05) is 0 Å². The van der Waals surface area contributed by atoms with Crippen molar-refractivity contribution in [1.82, 2.24) is 0 Å². The van der Waals surface area contributed by atoms with Crippen molar-refractivity contribution in [3.8, 4) is 0 Å². The summed E-state index contributed by atoms with van der Waals surface area (Å²) in [6, 6.07) is 3.09. The van der Waals surface area contributed by atoms with Crippen LogP contribution in [0.1, 0.15) is 11.5 Å². The van der Waals surface area contributed by atoms with Gasteiger partial charge in [0.05, 0.1) is 11.6 Å². The molecule has 1 aromatic carbocycles. The van der Waals surface area contributed by atoms with Crippen LogP contribution in [0.15, 0.2) is 16.6 Å². The van der Waals surface area contributed by atoms with Crippen LogP contribution in [0, 0.1) is 5.82 Å². The van der Waals surface area contributed by atoms with Gasteiger partial charge in [0.25, 0.3) is 0 Å². The van der Waals surface area contributed by atoms with Crippen molar-refractivity contribution in [3.05, 3.63) is 33.0 Å². The number of nitrogens with two attached hydrogens (primary N) is 1. The molecule has 0 bridgehead atoms. The molecule has 78 valence electrons. The Morgan fingerprint density at radius 1 is 1.57 bits per heavy atom. The Labute approximate surface area is 95.0 Å². The summed E-state index contributed by atoms with van der Waals surface area (Å²) in [6.07, 6.45) is 0. The summed E-state index contributed by atoms with van der Waals surface area (Å²) in [5.41, 5.74) is 5.75. The Morgan fingerprint density at radius 3 is 2.71 bits per heavy atom. The summed E-state index contributed by atoms with van der Waals surface area (Å²) in [5.74, 6) is -0.950. The lowest BCUT2D eigenvalue weighted by Gasteiger charge is -2.15. The zero-order valence-electron chi connectivity index (χ0n) is 7.30. The molecule has 0 heterocycles. The van der Waals surface area contributed by atoms with E-state index in [1.165, 1.54) is 6.07 Å². The molecule has 1 rings (SSSR count). The molecule has 0 amide bonds. The predicted molar refractivity (Wildman–Crippen MR) is 58.0 cm³/mol. The highest BCUT2D eigenvalue weighted by Crippen LogP contribution is 2.31. The number of hydrogen-bond donors (Lipinski definition) is 2. The minimum absolute atomic E-state index is 0.0371. The third kappa shape index (κ3) is 2.25. The number of aliphatic hydroxyl groups excluding tert-OH is 1. The lowest BCUT2D eigenvalue weighted by Crippen LogP contribution is -2.18. The normalized spacial score (nSPS) is 12.9.